The van der Waals surface area contributed by atoms with E-state index in [2.05, 4.69) is 4.90 Å². The molecule has 21 heavy (non-hydrogen) atoms. The smallest absolute Gasteiger partial charge is 0.290 e. The summed E-state index contributed by atoms with van der Waals surface area (Å²) in [5.41, 5.74) is 0.748. The van der Waals surface area contributed by atoms with Crippen LogP contribution < -0.4 is 0 Å². The third-order valence-corrected chi connectivity index (χ3v) is 3.70. The molecule has 1 fully saturated rings. The second-order valence-corrected chi connectivity index (χ2v) is 5.64. The fourth-order valence-electron chi connectivity index (χ4n) is 2.72. The van der Waals surface area contributed by atoms with E-state index in [0.717, 1.165) is 17.5 Å². The molecular weight excluding hydrogens is 268 g/mol. The number of hydrogen-bond donors (Lipinski definition) is 0. The number of fused-ring (bicyclic) bond motifs is 1. The molecule has 1 amide bonds. The van der Waals surface area contributed by atoms with E-state index in [1.54, 1.807) is 0 Å². The molecular formula is C16H20N2O3. The number of carbonyl (C=O) groups is 1. The van der Waals surface area contributed by atoms with Crippen molar-refractivity contribution in [1.29, 1.82) is 0 Å². The molecule has 2 heterocycles. The van der Waals surface area contributed by atoms with Crippen LogP contribution >= 0.6 is 0 Å². The van der Waals surface area contributed by atoms with Gasteiger partial charge in [-0.1, -0.05) is 18.2 Å². The first kappa shape index (κ1) is 14.1. The van der Waals surface area contributed by atoms with Gasteiger partial charge in [-0.3, -0.25) is 4.79 Å². The maximum absolute atomic E-state index is 12.7. The number of amides is 1. The molecule has 5 heteroatoms. The van der Waals surface area contributed by atoms with Crippen LogP contribution in [0.3, 0.4) is 0 Å². The second-order valence-electron chi connectivity index (χ2n) is 5.64. The molecule has 1 aromatic heterocycles. The molecule has 5 nitrogen and oxygen atoms in total. The number of nitrogens with zero attached hydrogens (tertiary/aromatic N) is 2. The lowest BCUT2D eigenvalue weighted by Gasteiger charge is -2.36. The number of hydrogen-bond acceptors (Lipinski definition) is 4. The lowest BCUT2D eigenvalue weighted by atomic mass is 10.2. The average molecular weight is 288 g/mol. The van der Waals surface area contributed by atoms with Gasteiger partial charge >= 0.3 is 0 Å². The van der Waals surface area contributed by atoms with Crippen molar-refractivity contribution in [2.75, 3.05) is 40.4 Å². The van der Waals surface area contributed by atoms with E-state index in [1.165, 1.54) is 0 Å². The third kappa shape index (κ3) is 2.94. The minimum absolute atomic E-state index is 0.0543. The zero-order valence-corrected chi connectivity index (χ0v) is 12.4. The van der Waals surface area contributed by atoms with Gasteiger partial charge in [-0.05, 0) is 26.2 Å². The van der Waals surface area contributed by atoms with Crippen LogP contribution in [0.25, 0.3) is 11.0 Å². The van der Waals surface area contributed by atoms with Crippen LogP contribution in [0, 0.1) is 0 Å². The van der Waals surface area contributed by atoms with Gasteiger partial charge in [0.05, 0.1) is 19.3 Å². The van der Waals surface area contributed by atoms with Crippen LogP contribution in [0.5, 0.6) is 0 Å². The van der Waals surface area contributed by atoms with Crippen LogP contribution in [-0.4, -0.2) is 62.1 Å². The Kier molecular flexibility index (Phi) is 3.94. The molecule has 1 saturated heterocycles. The summed E-state index contributed by atoms with van der Waals surface area (Å²) in [6.45, 7) is 2.54. The molecule has 0 spiro atoms. The summed E-state index contributed by atoms with van der Waals surface area (Å²) < 4.78 is 11.2. The first-order valence-electron chi connectivity index (χ1n) is 7.17. The summed E-state index contributed by atoms with van der Waals surface area (Å²) in [6.07, 6.45) is 0. The van der Waals surface area contributed by atoms with Crippen molar-refractivity contribution >= 4 is 16.9 Å². The van der Waals surface area contributed by atoms with Gasteiger partial charge in [0.15, 0.2) is 5.76 Å². The topological polar surface area (TPSA) is 45.9 Å². The number of para-hydroxylation sites is 1. The fraction of sp³-hybridized carbons (Fsp3) is 0.438. The van der Waals surface area contributed by atoms with Gasteiger partial charge in [0.25, 0.3) is 5.91 Å². The SMILES string of the molecule is CN(C)CC1COCCN1C(=O)c1cc2ccccc2o1. The third-order valence-electron chi connectivity index (χ3n) is 3.70. The Morgan fingerprint density at radius 1 is 1.38 bits per heavy atom. The van der Waals surface area contributed by atoms with Crippen molar-refractivity contribution in [1.82, 2.24) is 9.80 Å². The monoisotopic (exact) mass is 288 g/mol. The Balaban J connectivity index is 1.84. The Morgan fingerprint density at radius 3 is 2.95 bits per heavy atom. The number of likely N-dealkylation sites (N-methyl/N-ethyl adjacent to an activating group) is 1. The quantitative estimate of drug-likeness (QED) is 0.864. The van der Waals surface area contributed by atoms with Gasteiger partial charge < -0.3 is 19.0 Å². The summed E-state index contributed by atoms with van der Waals surface area (Å²) in [7, 11) is 4.00. The van der Waals surface area contributed by atoms with Gasteiger partial charge in [0, 0.05) is 18.5 Å². The maximum atomic E-state index is 12.7. The van der Waals surface area contributed by atoms with Gasteiger partial charge in [-0.2, -0.15) is 0 Å². The van der Waals surface area contributed by atoms with Gasteiger partial charge in [-0.25, -0.2) is 0 Å². The fourth-order valence-corrected chi connectivity index (χ4v) is 2.72. The van der Waals surface area contributed by atoms with E-state index in [-0.39, 0.29) is 11.9 Å². The van der Waals surface area contributed by atoms with Crippen LogP contribution in [0.15, 0.2) is 34.7 Å². The molecule has 1 aliphatic heterocycles. The van der Waals surface area contributed by atoms with Gasteiger partial charge in [0.1, 0.15) is 5.58 Å². The first-order chi connectivity index (χ1) is 10.1. The standard InChI is InChI=1S/C16H20N2O3/c1-17(2)10-13-11-20-8-7-18(13)16(19)15-9-12-5-3-4-6-14(12)21-15/h3-6,9,13H,7-8,10-11H2,1-2H3. The van der Waals surface area contributed by atoms with E-state index < -0.39 is 0 Å². The van der Waals surface area contributed by atoms with Crippen LogP contribution in [0.4, 0.5) is 0 Å². The minimum atomic E-state index is -0.0543. The molecule has 2 aromatic rings. The molecule has 0 aliphatic carbocycles. The van der Waals surface area contributed by atoms with Crippen molar-refractivity contribution in [3.05, 3.63) is 36.1 Å². The average Bonchev–Trinajstić information content (AvgIpc) is 2.90. The maximum Gasteiger partial charge on any atom is 0.290 e. The zero-order valence-electron chi connectivity index (χ0n) is 12.4. The highest BCUT2D eigenvalue weighted by atomic mass is 16.5. The van der Waals surface area contributed by atoms with Crippen molar-refractivity contribution in [3.8, 4) is 0 Å². The van der Waals surface area contributed by atoms with Gasteiger partial charge in [0.2, 0.25) is 0 Å². The summed E-state index contributed by atoms with van der Waals surface area (Å²) in [4.78, 5) is 16.6. The van der Waals surface area contributed by atoms with Gasteiger partial charge in [-0.15, -0.1) is 0 Å². The number of morpholine rings is 1. The number of carbonyl (C=O) groups excluding carboxylic acids is 1. The Hall–Kier alpha value is -1.85. The Morgan fingerprint density at radius 2 is 2.19 bits per heavy atom. The van der Waals surface area contributed by atoms with E-state index >= 15 is 0 Å². The molecule has 0 saturated carbocycles. The number of furan rings is 1. The number of ether oxygens (including phenoxy) is 1. The molecule has 1 unspecified atom stereocenters. The predicted molar refractivity (Wildman–Crippen MR) is 80.4 cm³/mol. The van der Waals surface area contributed by atoms with Crippen molar-refractivity contribution in [2.45, 2.75) is 6.04 Å². The number of rotatable bonds is 3. The molecule has 3 rings (SSSR count). The summed E-state index contributed by atoms with van der Waals surface area (Å²) in [5, 5.41) is 0.957. The first-order valence-corrected chi connectivity index (χ1v) is 7.17. The van der Waals surface area contributed by atoms with Crippen LogP contribution in [0.1, 0.15) is 10.6 Å². The summed E-state index contributed by atoms with van der Waals surface area (Å²) in [5.74, 6) is 0.350. The largest absolute Gasteiger partial charge is 0.451 e. The lowest BCUT2D eigenvalue weighted by molar-refractivity contribution is -0.00965. The second kappa shape index (κ2) is 5.87. The van der Waals surface area contributed by atoms with Crippen LogP contribution in [-0.2, 0) is 4.74 Å². The lowest BCUT2D eigenvalue weighted by Crippen LogP contribution is -2.52. The molecule has 1 aliphatic rings. The molecule has 1 atom stereocenters. The summed E-state index contributed by atoms with van der Waals surface area (Å²) >= 11 is 0. The molecule has 0 radical (unpaired) electrons. The molecule has 112 valence electrons. The number of benzene rings is 1. The molecule has 0 N–H and O–H groups in total. The van der Waals surface area contributed by atoms with E-state index in [9.17, 15) is 4.79 Å². The zero-order chi connectivity index (χ0) is 14.8. The normalized spacial score (nSPS) is 19.4. The minimum Gasteiger partial charge on any atom is -0.451 e. The van der Waals surface area contributed by atoms with Crippen LogP contribution in [0.2, 0.25) is 0 Å². The van der Waals surface area contributed by atoms with Crippen molar-refractivity contribution in [2.24, 2.45) is 0 Å². The van der Waals surface area contributed by atoms with E-state index in [0.29, 0.717) is 25.5 Å². The van der Waals surface area contributed by atoms with Crippen molar-refractivity contribution in [3.63, 3.8) is 0 Å². The highest BCUT2D eigenvalue weighted by Gasteiger charge is 2.30. The molecule has 0 bridgehead atoms. The summed E-state index contributed by atoms with van der Waals surface area (Å²) in [6, 6.07) is 9.56. The van der Waals surface area contributed by atoms with Crippen molar-refractivity contribution < 1.29 is 13.9 Å². The Labute approximate surface area is 124 Å². The highest BCUT2D eigenvalue weighted by molar-refractivity contribution is 5.96. The Bertz CT molecular complexity index is 602. The van der Waals surface area contributed by atoms with E-state index in [4.69, 9.17) is 9.15 Å². The predicted octanol–water partition coefficient (Wildman–Crippen LogP) is 1.84. The van der Waals surface area contributed by atoms with E-state index in [1.807, 2.05) is 49.3 Å². The molecule has 1 aromatic carbocycles. The highest BCUT2D eigenvalue weighted by Crippen LogP contribution is 2.21.